The molecule has 0 unspecified atom stereocenters. The Hall–Kier alpha value is -1.03. The van der Waals surface area contributed by atoms with Crippen LogP contribution in [0.15, 0.2) is 10.6 Å². The summed E-state index contributed by atoms with van der Waals surface area (Å²) in [6.07, 6.45) is 7.22. The van der Waals surface area contributed by atoms with E-state index in [1.165, 1.54) is 37.8 Å². The highest BCUT2D eigenvalue weighted by Crippen LogP contribution is 2.59. The molecule has 0 spiro atoms. The Morgan fingerprint density at radius 3 is 2.45 bits per heavy atom. The van der Waals surface area contributed by atoms with Crippen LogP contribution in [-0.2, 0) is 0 Å². The zero-order valence-electron chi connectivity index (χ0n) is 12.3. The summed E-state index contributed by atoms with van der Waals surface area (Å²) in [4.78, 5) is 2.06. The Morgan fingerprint density at radius 2 is 1.85 bits per heavy atom. The summed E-state index contributed by atoms with van der Waals surface area (Å²) < 4.78 is 5.56. The van der Waals surface area contributed by atoms with Crippen molar-refractivity contribution < 1.29 is 4.52 Å². The first-order valence-electron chi connectivity index (χ1n) is 8.12. The van der Waals surface area contributed by atoms with E-state index < -0.39 is 0 Å². The maximum absolute atomic E-state index is 5.61. The van der Waals surface area contributed by atoms with Gasteiger partial charge in [-0.05, 0) is 55.8 Å². The number of nitrogens with two attached hydrogens (primary N) is 1. The minimum Gasteiger partial charge on any atom is -0.342 e. The molecule has 0 aliphatic heterocycles. The quantitative estimate of drug-likeness (QED) is 0.917. The summed E-state index contributed by atoms with van der Waals surface area (Å²) in [6, 6.07) is 2.17. The van der Waals surface area contributed by atoms with Crippen molar-refractivity contribution in [3.8, 4) is 0 Å². The van der Waals surface area contributed by atoms with Gasteiger partial charge in [0.05, 0.1) is 5.69 Å². The molecule has 1 heterocycles. The van der Waals surface area contributed by atoms with E-state index in [-0.39, 0.29) is 0 Å². The molecular formula is C16H25N3O. The molecule has 0 aromatic carbocycles. The van der Waals surface area contributed by atoms with Crippen LogP contribution in [0.2, 0.25) is 0 Å². The number of hydrogen-bond donors (Lipinski definition) is 1. The van der Waals surface area contributed by atoms with Gasteiger partial charge < -0.3 is 15.2 Å². The third kappa shape index (κ3) is 1.96. The molecule has 4 aliphatic carbocycles. The summed E-state index contributed by atoms with van der Waals surface area (Å²) in [7, 11) is 2.02. The van der Waals surface area contributed by atoms with Crippen LogP contribution in [0, 0.1) is 23.7 Å². The normalized spacial score (nSPS) is 38.4. The lowest BCUT2D eigenvalue weighted by molar-refractivity contribution is -0.00504. The number of hydrogen-bond acceptors (Lipinski definition) is 4. The Morgan fingerprint density at radius 1 is 1.20 bits per heavy atom. The standard InChI is InChI=1S/C16H25N3O/c1-19(3-2-17)15-9-14(18-20-15)16-12-5-10-4-11(7-12)8-13(16)6-10/h9-13,16H,2-8,17H2,1H3. The second kappa shape index (κ2) is 4.76. The van der Waals surface area contributed by atoms with Gasteiger partial charge >= 0.3 is 0 Å². The Balaban J connectivity index is 1.56. The van der Waals surface area contributed by atoms with Crippen molar-refractivity contribution >= 4 is 5.88 Å². The molecule has 20 heavy (non-hydrogen) atoms. The van der Waals surface area contributed by atoms with Crippen molar-refractivity contribution in [2.75, 3.05) is 25.0 Å². The van der Waals surface area contributed by atoms with Crippen molar-refractivity contribution in [1.29, 1.82) is 0 Å². The summed E-state index contributed by atoms with van der Waals surface area (Å²) >= 11 is 0. The summed E-state index contributed by atoms with van der Waals surface area (Å²) in [6.45, 7) is 1.46. The van der Waals surface area contributed by atoms with Gasteiger partial charge in [-0.1, -0.05) is 5.16 Å². The largest absolute Gasteiger partial charge is 0.342 e. The monoisotopic (exact) mass is 275 g/mol. The molecule has 4 bridgehead atoms. The maximum Gasteiger partial charge on any atom is 0.227 e. The van der Waals surface area contributed by atoms with Gasteiger partial charge in [0.15, 0.2) is 0 Å². The topological polar surface area (TPSA) is 55.3 Å². The summed E-state index contributed by atoms with van der Waals surface area (Å²) in [5.74, 6) is 5.29. The van der Waals surface area contributed by atoms with Gasteiger partial charge in [0.1, 0.15) is 0 Å². The average Bonchev–Trinajstić information content (AvgIpc) is 2.87. The lowest BCUT2D eigenvalue weighted by Gasteiger charge is -2.53. The lowest BCUT2D eigenvalue weighted by Crippen LogP contribution is -2.43. The van der Waals surface area contributed by atoms with Crippen LogP contribution in [0.5, 0.6) is 0 Å². The zero-order valence-corrected chi connectivity index (χ0v) is 12.3. The molecule has 4 saturated carbocycles. The van der Waals surface area contributed by atoms with Crippen LogP contribution in [0.1, 0.15) is 43.7 Å². The molecule has 4 fully saturated rings. The first-order valence-corrected chi connectivity index (χ1v) is 8.12. The smallest absolute Gasteiger partial charge is 0.227 e. The van der Waals surface area contributed by atoms with E-state index in [1.807, 2.05) is 7.05 Å². The van der Waals surface area contributed by atoms with Crippen LogP contribution in [0.4, 0.5) is 5.88 Å². The molecule has 0 radical (unpaired) electrons. The number of anilines is 1. The van der Waals surface area contributed by atoms with Gasteiger partial charge in [-0.2, -0.15) is 0 Å². The van der Waals surface area contributed by atoms with E-state index in [0.29, 0.717) is 12.5 Å². The summed E-state index contributed by atoms with van der Waals surface area (Å²) in [5.41, 5.74) is 6.81. The SMILES string of the molecule is CN(CCN)c1cc(C2C3CC4CC(C3)CC2C4)no1. The average molecular weight is 275 g/mol. The van der Waals surface area contributed by atoms with Crippen molar-refractivity contribution in [3.63, 3.8) is 0 Å². The van der Waals surface area contributed by atoms with Crippen LogP contribution < -0.4 is 10.6 Å². The lowest BCUT2D eigenvalue weighted by atomic mass is 9.51. The second-order valence-electron chi connectivity index (χ2n) is 7.26. The van der Waals surface area contributed by atoms with Gasteiger partial charge in [0.25, 0.3) is 0 Å². The highest BCUT2D eigenvalue weighted by atomic mass is 16.5. The maximum atomic E-state index is 5.61. The number of aromatic nitrogens is 1. The van der Waals surface area contributed by atoms with Crippen LogP contribution in [0.25, 0.3) is 0 Å². The van der Waals surface area contributed by atoms with Crippen molar-refractivity contribution in [2.24, 2.45) is 29.4 Å². The van der Waals surface area contributed by atoms with Gasteiger partial charge in [0.2, 0.25) is 5.88 Å². The number of nitrogens with zero attached hydrogens (tertiary/aromatic N) is 2. The molecule has 4 nitrogen and oxygen atoms in total. The first kappa shape index (κ1) is 12.7. The van der Waals surface area contributed by atoms with E-state index in [0.717, 1.165) is 36.1 Å². The highest BCUT2D eigenvalue weighted by molar-refractivity contribution is 5.36. The third-order valence-electron chi connectivity index (χ3n) is 5.92. The summed E-state index contributed by atoms with van der Waals surface area (Å²) in [5, 5.41) is 4.41. The molecule has 110 valence electrons. The predicted octanol–water partition coefficient (Wildman–Crippen LogP) is 2.61. The minimum absolute atomic E-state index is 0.643. The molecule has 4 heteroatoms. The van der Waals surface area contributed by atoms with Crippen molar-refractivity contribution in [2.45, 2.75) is 38.0 Å². The van der Waals surface area contributed by atoms with E-state index in [4.69, 9.17) is 10.3 Å². The zero-order chi connectivity index (χ0) is 13.7. The van der Waals surface area contributed by atoms with Crippen molar-refractivity contribution in [3.05, 3.63) is 11.8 Å². The number of rotatable bonds is 4. The van der Waals surface area contributed by atoms with Gasteiger partial charge in [-0.15, -0.1) is 0 Å². The van der Waals surface area contributed by atoms with Crippen LogP contribution in [-0.4, -0.2) is 25.3 Å². The molecule has 0 amide bonds. The predicted molar refractivity (Wildman–Crippen MR) is 78.6 cm³/mol. The Bertz CT molecular complexity index is 456. The fourth-order valence-electron chi connectivity index (χ4n) is 5.33. The van der Waals surface area contributed by atoms with Crippen molar-refractivity contribution in [1.82, 2.24) is 5.16 Å². The van der Waals surface area contributed by atoms with Crippen LogP contribution >= 0.6 is 0 Å². The second-order valence-corrected chi connectivity index (χ2v) is 7.26. The molecule has 0 saturated heterocycles. The third-order valence-corrected chi connectivity index (χ3v) is 5.92. The highest BCUT2D eigenvalue weighted by Gasteiger charge is 2.49. The number of likely N-dealkylation sites (N-methyl/N-ethyl adjacent to an activating group) is 1. The molecule has 4 aliphatic rings. The Kier molecular flexibility index (Phi) is 3.02. The molecule has 5 rings (SSSR count). The minimum atomic E-state index is 0.643. The fourth-order valence-corrected chi connectivity index (χ4v) is 5.33. The van der Waals surface area contributed by atoms with Crippen LogP contribution in [0.3, 0.4) is 0 Å². The van der Waals surface area contributed by atoms with Gasteiger partial charge in [-0.3, -0.25) is 0 Å². The molecule has 1 aromatic heterocycles. The molecular weight excluding hydrogens is 250 g/mol. The molecule has 2 N–H and O–H groups in total. The van der Waals surface area contributed by atoms with Gasteiger partial charge in [-0.25, -0.2) is 0 Å². The van der Waals surface area contributed by atoms with E-state index in [9.17, 15) is 0 Å². The van der Waals surface area contributed by atoms with E-state index in [1.54, 1.807) is 0 Å². The molecule has 1 aromatic rings. The van der Waals surface area contributed by atoms with Gasteiger partial charge in [0, 0.05) is 32.1 Å². The Labute approximate surface area is 120 Å². The van der Waals surface area contributed by atoms with E-state index in [2.05, 4.69) is 16.1 Å². The van der Waals surface area contributed by atoms with E-state index >= 15 is 0 Å². The first-order chi connectivity index (χ1) is 9.74. The fraction of sp³-hybridized carbons (Fsp3) is 0.812. The molecule has 0 atom stereocenters.